The van der Waals surface area contributed by atoms with Gasteiger partial charge in [0, 0.05) is 31.6 Å². The number of ether oxygens (including phenoxy) is 1. The molecule has 1 aromatic rings. The first-order valence-electron chi connectivity index (χ1n) is 8.36. The summed E-state index contributed by atoms with van der Waals surface area (Å²) in [7, 11) is 0. The maximum atomic E-state index is 6.27. The monoisotopic (exact) mass is 308 g/mol. The van der Waals surface area contributed by atoms with E-state index in [0.29, 0.717) is 12.0 Å². The number of thiazole rings is 1. The van der Waals surface area contributed by atoms with Crippen molar-refractivity contribution >= 4 is 11.3 Å². The van der Waals surface area contributed by atoms with Gasteiger partial charge in [0.2, 0.25) is 0 Å². The summed E-state index contributed by atoms with van der Waals surface area (Å²) in [6, 6.07) is 0. The summed E-state index contributed by atoms with van der Waals surface area (Å²) in [4.78, 5) is 7.23. The highest BCUT2D eigenvalue weighted by Gasteiger charge is 2.40. The summed E-state index contributed by atoms with van der Waals surface area (Å²) in [6.45, 7) is 10.9. The molecule has 21 heavy (non-hydrogen) atoms. The van der Waals surface area contributed by atoms with E-state index in [1.54, 1.807) is 11.3 Å². The molecule has 3 rings (SSSR count). The quantitative estimate of drug-likeness (QED) is 0.829. The standard InChI is InChI=1S/C17H28N2OS/c1-12(2)10-20-17-14-5-4-6-15(17)8-19(7-14)9-16-11-21-13(3)18-16/h11-12,14-15,17H,4-10H2,1-3H3/t14-,15+,17?. The van der Waals surface area contributed by atoms with Gasteiger partial charge in [0.25, 0.3) is 0 Å². The van der Waals surface area contributed by atoms with E-state index < -0.39 is 0 Å². The Morgan fingerprint density at radius 1 is 1.33 bits per heavy atom. The second-order valence-electron chi connectivity index (χ2n) is 7.19. The molecule has 118 valence electrons. The second-order valence-corrected chi connectivity index (χ2v) is 8.26. The van der Waals surface area contributed by atoms with Gasteiger partial charge < -0.3 is 4.74 Å². The van der Waals surface area contributed by atoms with Crippen molar-refractivity contribution in [1.29, 1.82) is 0 Å². The lowest BCUT2D eigenvalue weighted by atomic mass is 9.75. The van der Waals surface area contributed by atoms with Crippen molar-refractivity contribution in [1.82, 2.24) is 9.88 Å². The van der Waals surface area contributed by atoms with Gasteiger partial charge in [-0.05, 0) is 37.5 Å². The second kappa shape index (κ2) is 6.76. The van der Waals surface area contributed by atoms with Gasteiger partial charge >= 0.3 is 0 Å². The van der Waals surface area contributed by atoms with Crippen molar-refractivity contribution in [3.63, 3.8) is 0 Å². The maximum Gasteiger partial charge on any atom is 0.0897 e. The van der Waals surface area contributed by atoms with E-state index in [0.717, 1.165) is 25.0 Å². The van der Waals surface area contributed by atoms with Crippen molar-refractivity contribution in [3.05, 3.63) is 16.1 Å². The molecule has 0 aromatic carbocycles. The molecule has 1 unspecified atom stereocenters. The summed E-state index contributed by atoms with van der Waals surface area (Å²) in [6.07, 6.45) is 4.58. The molecule has 1 saturated carbocycles. The van der Waals surface area contributed by atoms with E-state index in [-0.39, 0.29) is 0 Å². The Morgan fingerprint density at radius 3 is 2.62 bits per heavy atom. The van der Waals surface area contributed by atoms with Gasteiger partial charge in [-0.2, -0.15) is 0 Å². The molecule has 4 heteroatoms. The highest BCUT2D eigenvalue weighted by atomic mass is 32.1. The van der Waals surface area contributed by atoms with Crippen LogP contribution in [0.5, 0.6) is 0 Å². The molecule has 0 spiro atoms. The summed E-state index contributed by atoms with van der Waals surface area (Å²) < 4.78 is 6.27. The van der Waals surface area contributed by atoms with Crippen LogP contribution in [0.3, 0.4) is 0 Å². The molecule has 0 N–H and O–H groups in total. The van der Waals surface area contributed by atoms with Crippen molar-refractivity contribution in [2.75, 3.05) is 19.7 Å². The molecule has 0 radical (unpaired) electrons. The van der Waals surface area contributed by atoms with E-state index in [1.165, 1.54) is 43.1 Å². The molecule has 3 nitrogen and oxygen atoms in total. The van der Waals surface area contributed by atoms with Gasteiger partial charge in [-0.1, -0.05) is 20.3 Å². The lowest BCUT2D eigenvalue weighted by Gasteiger charge is -2.47. The SMILES string of the molecule is Cc1nc(CN2C[C@H]3CCC[C@@H](C2)C3OCC(C)C)cs1. The smallest absolute Gasteiger partial charge is 0.0897 e. The van der Waals surface area contributed by atoms with Crippen LogP contribution < -0.4 is 0 Å². The fraction of sp³-hybridized carbons (Fsp3) is 0.824. The largest absolute Gasteiger partial charge is 0.377 e. The molecule has 2 aliphatic rings. The highest BCUT2D eigenvalue weighted by Crippen LogP contribution is 2.37. The Morgan fingerprint density at radius 2 is 2.05 bits per heavy atom. The normalized spacial score (nSPS) is 30.0. The summed E-state index contributed by atoms with van der Waals surface area (Å²) in [5, 5.41) is 3.40. The molecule has 0 amide bonds. The molecule has 1 aliphatic heterocycles. The highest BCUT2D eigenvalue weighted by molar-refractivity contribution is 7.09. The zero-order valence-corrected chi connectivity index (χ0v) is 14.4. The molecular weight excluding hydrogens is 280 g/mol. The minimum atomic E-state index is 0.509. The molecule has 1 saturated heterocycles. The number of hydrogen-bond acceptors (Lipinski definition) is 4. The number of nitrogens with zero attached hydrogens (tertiary/aromatic N) is 2. The first-order valence-corrected chi connectivity index (χ1v) is 9.24. The van der Waals surface area contributed by atoms with Gasteiger partial charge in [0.05, 0.1) is 16.8 Å². The zero-order valence-electron chi connectivity index (χ0n) is 13.5. The van der Waals surface area contributed by atoms with Gasteiger partial charge in [-0.15, -0.1) is 11.3 Å². The zero-order chi connectivity index (χ0) is 14.8. The fourth-order valence-corrected chi connectivity index (χ4v) is 4.50. The third-order valence-corrected chi connectivity index (χ3v) is 5.56. The number of piperidine rings is 1. The Bertz CT molecular complexity index is 445. The third-order valence-electron chi connectivity index (χ3n) is 4.74. The van der Waals surface area contributed by atoms with Crippen LogP contribution in [-0.4, -0.2) is 35.7 Å². The first-order chi connectivity index (χ1) is 10.1. The molecule has 1 aliphatic carbocycles. The third kappa shape index (κ3) is 3.85. The van der Waals surface area contributed by atoms with Gasteiger partial charge in [0.1, 0.15) is 0 Å². The molecule has 2 bridgehead atoms. The summed E-state index contributed by atoms with van der Waals surface area (Å²) in [5.74, 6) is 2.11. The number of likely N-dealkylation sites (tertiary alicyclic amines) is 1. The Balaban J connectivity index is 1.60. The number of aromatic nitrogens is 1. The van der Waals surface area contributed by atoms with Gasteiger partial charge in [-0.25, -0.2) is 4.98 Å². The van der Waals surface area contributed by atoms with Crippen molar-refractivity contribution in [3.8, 4) is 0 Å². The van der Waals surface area contributed by atoms with Crippen molar-refractivity contribution in [2.24, 2.45) is 17.8 Å². The number of fused-ring (bicyclic) bond motifs is 2. The summed E-state index contributed by atoms with van der Waals surface area (Å²) >= 11 is 1.76. The van der Waals surface area contributed by atoms with Crippen LogP contribution in [0.1, 0.15) is 43.8 Å². The van der Waals surface area contributed by atoms with E-state index in [2.05, 4.69) is 36.0 Å². The van der Waals surface area contributed by atoms with E-state index in [9.17, 15) is 0 Å². The predicted molar refractivity (Wildman–Crippen MR) is 87.5 cm³/mol. The maximum absolute atomic E-state index is 6.27. The number of hydrogen-bond donors (Lipinski definition) is 0. The van der Waals surface area contributed by atoms with Gasteiger partial charge in [0.15, 0.2) is 0 Å². The Hall–Kier alpha value is -0.450. The molecule has 1 aromatic heterocycles. The van der Waals surface area contributed by atoms with Crippen molar-refractivity contribution in [2.45, 2.75) is 52.7 Å². The minimum absolute atomic E-state index is 0.509. The fourth-order valence-electron chi connectivity index (χ4n) is 3.90. The Labute approximate surface area is 132 Å². The van der Waals surface area contributed by atoms with E-state index >= 15 is 0 Å². The molecule has 2 heterocycles. The van der Waals surface area contributed by atoms with E-state index in [1.807, 2.05) is 0 Å². The van der Waals surface area contributed by atoms with Crippen LogP contribution in [0.25, 0.3) is 0 Å². The van der Waals surface area contributed by atoms with Crippen LogP contribution in [0, 0.1) is 24.7 Å². The number of rotatable bonds is 5. The average Bonchev–Trinajstić information content (AvgIpc) is 2.81. The first kappa shape index (κ1) is 15.4. The van der Waals surface area contributed by atoms with Gasteiger partial charge in [-0.3, -0.25) is 4.90 Å². The lowest BCUT2D eigenvalue weighted by Crippen LogP contribution is -2.52. The van der Waals surface area contributed by atoms with Crippen LogP contribution >= 0.6 is 11.3 Å². The molecular formula is C17H28N2OS. The summed E-state index contributed by atoms with van der Waals surface area (Å²) in [5.41, 5.74) is 1.25. The van der Waals surface area contributed by atoms with Crippen LogP contribution in [0.4, 0.5) is 0 Å². The lowest BCUT2D eigenvalue weighted by molar-refractivity contribution is -0.101. The van der Waals surface area contributed by atoms with Crippen LogP contribution in [0.2, 0.25) is 0 Å². The van der Waals surface area contributed by atoms with Crippen LogP contribution in [0.15, 0.2) is 5.38 Å². The Kier molecular flexibility index (Phi) is 4.97. The molecule has 3 atom stereocenters. The number of aryl methyl sites for hydroxylation is 1. The van der Waals surface area contributed by atoms with E-state index in [4.69, 9.17) is 4.74 Å². The minimum Gasteiger partial charge on any atom is -0.377 e. The molecule has 2 fully saturated rings. The average molecular weight is 308 g/mol. The van der Waals surface area contributed by atoms with Crippen LogP contribution in [-0.2, 0) is 11.3 Å². The predicted octanol–water partition coefficient (Wildman–Crippen LogP) is 3.72. The topological polar surface area (TPSA) is 25.4 Å². The van der Waals surface area contributed by atoms with Crippen molar-refractivity contribution < 1.29 is 4.74 Å².